The summed E-state index contributed by atoms with van der Waals surface area (Å²) in [5.41, 5.74) is 0.590. The topological polar surface area (TPSA) is 81.6 Å². The highest BCUT2D eigenvalue weighted by molar-refractivity contribution is 5.97. The second kappa shape index (κ2) is 5.42. The van der Waals surface area contributed by atoms with Gasteiger partial charge in [-0.15, -0.1) is 0 Å². The number of methoxy groups -OCH3 is 1. The number of para-hydroxylation sites is 1. The average Bonchev–Trinajstić information content (AvgIpc) is 3.32. The molecular weight excluding hydrogens is 298 g/mol. The van der Waals surface area contributed by atoms with E-state index >= 15 is 0 Å². The maximum absolute atomic E-state index is 12.7. The molecule has 1 aliphatic rings. The van der Waals surface area contributed by atoms with Gasteiger partial charge in [0.05, 0.1) is 7.11 Å². The Morgan fingerprint density at radius 2 is 2.35 bits per heavy atom. The van der Waals surface area contributed by atoms with Crippen LogP contribution >= 0.6 is 0 Å². The Bertz CT molecular complexity index is 840. The van der Waals surface area contributed by atoms with Crippen molar-refractivity contribution >= 4 is 16.9 Å². The minimum Gasteiger partial charge on any atom is -0.493 e. The molecule has 0 bridgehead atoms. The molecule has 3 heterocycles. The van der Waals surface area contributed by atoms with Crippen molar-refractivity contribution in [1.82, 2.24) is 15.0 Å². The van der Waals surface area contributed by atoms with Gasteiger partial charge in [0.1, 0.15) is 0 Å². The molecule has 7 heteroatoms. The van der Waals surface area contributed by atoms with Crippen LogP contribution in [0.5, 0.6) is 5.75 Å². The molecule has 1 amide bonds. The first-order valence-corrected chi connectivity index (χ1v) is 7.38. The molecule has 4 rings (SSSR count). The number of aromatic nitrogens is 2. The third-order valence-electron chi connectivity index (χ3n) is 4.16. The molecule has 3 aromatic rings. The summed E-state index contributed by atoms with van der Waals surface area (Å²) in [5.74, 6) is 1.56. The normalized spacial score (nSPS) is 17.8. The van der Waals surface area contributed by atoms with E-state index in [1.165, 1.54) is 6.39 Å². The second-order valence-corrected chi connectivity index (χ2v) is 5.52. The predicted octanol–water partition coefficient (Wildman–Crippen LogP) is 2.45. The van der Waals surface area contributed by atoms with Gasteiger partial charge < -0.3 is 18.6 Å². The zero-order valence-corrected chi connectivity index (χ0v) is 12.6. The summed E-state index contributed by atoms with van der Waals surface area (Å²) in [7, 11) is 1.58. The van der Waals surface area contributed by atoms with Gasteiger partial charge in [-0.25, -0.2) is 0 Å². The van der Waals surface area contributed by atoms with Gasteiger partial charge in [-0.1, -0.05) is 17.3 Å². The molecule has 1 aliphatic heterocycles. The number of benzene rings is 1. The number of likely N-dealkylation sites (tertiary alicyclic amines) is 1. The number of ether oxygens (including phenoxy) is 1. The van der Waals surface area contributed by atoms with Gasteiger partial charge in [-0.2, -0.15) is 4.98 Å². The Morgan fingerprint density at radius 1 is 1.43 bits per heavy atom. The lowest BCUT2D eigenvalue weighted by Crippen LogP contribution is -2.28. The average molecular weight is 313 g/mol. The Kier molecular flexibility index (Phi) is 3.25. The standard InChI is InChI=1S/C16H15N3O4/c1-21-12-4-2-3-10-7-13(23-14(10)12)16(20)19-6-5-11(8-19)15-17-9-22-18-15/h2-4,7,9,11H,5-6,8H2,1H3/t11-/m1/s1. The summed E-state index contributed by atoms with van der Waals surface area (Å²) in [6.45, 7) is 1.21. The summed E-state index contributed by atoms with van der Waals surface area (Å²) >= 11 is 0. The quantitative estimate of drug-likeness (QED) is 0.739. The SMILES string of the molecule is COc1cccc2cc(C(=O)N3CC[C@@H](c4ncon4)C3)oc12. The number of rotatable bonds is 3. The zero-order chi connectivity index (χ0) is 15.8. The van der Waals surface area contributed by atoms with Crippen LogP contribution < -0.4 is 4.74 Å². The van der Waals surface area contributed by atoms with Crippen LogP contribution in [0, 0.1) is 0 Å². The first kappa shape index (κ1) is 13.8. The second-order valence-electron chi connectivity index (χ2n) is 5.52. The molecule has 2 aromatic heterocycles. The molecule has 1 saturated heterocycles. The van der Waals surface area contributed by atoms with Gasteiger partial charge in [0.25, 0.3) is 5.91 Å². The summed E-state index contributed by atoms with van der Waals surface area (Å²) in [5, 5.41) is 4.71. The third kappa shape index (κ3) is 2.34. The largest absolute Gasteiger partial charge is 0.493 e. The van der Waals surface area contributed by atoms with Crippen LogP contribution in [0.4, 0.5) is 0 Å². The molecule has 1 atom stereocenters. The highest BCUT2D eigenvalue weighted by Gasteiger charge is 2.31. The molecule has 1 aromatic carbocycles. The van der Waals surface area contributed by atoms with Crippen LogP contribution in [-0.4, -0.2) is 41.1 Å². The van der Waals surface area contributed by atoms with Crippen LogP contribution in [0.25, 0.3) is 11.0 Å². The lowest BCUT2D eigenvalue weighted by atomic mass is 10.1. The van der Waals surface area contributed by atoms with Crippen molar-refractivity contribution in [2.24, 2.45) is 0 Å². The molecule has 7 nitrogen and oxygen atoms in total. The fraction of sp³-hybridized carbons (Fsp3) is 0.312. The van der Waals surface area contributed by atoms with Crippen molar-refractivity contribution in [3.05, 3.63) is 42.2 Å². The van der Waals surface area contributed by atoms with Gasteiger partial charge in [-0.05, 0) is 18.6 Å². The monoisotopic (exact) mass is 313 g/mol. The number of carbonyl (C=O) groups is 1. The van der Waals surface area contributed by atoms with E-state index in [0.29, 0.717) is 36.0 Å². The van der Waals surface area contributed by atoms with E-state index < -0.39 is 0 Å². The van der Waals surface area contributed by atoms with Crippen LogP contribution in [0.2, 0.25) is 0 Å². The molecule has 0 N–H and O–H groups in total. The van der Waals surface area contributed by atoms with Gasteiger partial charge in [-0.3, -0.25) is 4.79 Å². The summed E-state index contributed by atoms with van der Waals surface area (Å²) in [4.78, 5) is 18.5. The molecule has 118 valence electrons. The number of fused-ring (bicyclic) bond motifs is 1. The molecule has 0 aliphatic carbocycles. The third-order valence-corrected chi connectivity index (χ3v) is 4.16. The zero-order valence-electron chi connectivity index (χ0n) is 12.6. The summed E-state index contributed by atoms with van der Waals surface area (Å²) < 4.78 is 15.8. The number of furan rings is 1. The fourth-order valence-corrected chi connectivity index (χ4v) is 2.97. The molecule has 0 radical (unpaired) electrons. The molecule has 0 saturated carbocycles. The van der Waals surface area contributed by atoms with E-state index in [9.17, 15) is 4.79 Å². The van der Waals surface area contributed by atoms with Crippen molar-refractivity contribution in [2.45, 2.75) is 12.3 Å². The first-order valence-electron chi connectivity index (χ1n) is 7.38. The number of hydrogen-bond donors (Lipinski definition) is 0. The van der Waals surface area contributed by atoms with E-state index in [4.69, 9.17) is 13.7 Å². The van der Waals surface area contributed by atoms with Crippen LogP contribution in [0.15, 0.2) is 39.6 Å². The summed E-state index contributed by atoms with van der Waals surface area (Å²) in [6.07, 6.45) is 2.13. The van der Waals surface area contributed by atoms with Crippen molar-refractivity contribution in [3.8, 4) is 5.75 Å². The van der Waals surface area contributed by atoms with E-state index in [2.05, 4.69) is 10.1 Å². The highest BCUT2D eigenvalue weighted by atomic mass is 16.5. The Morgan fingerprint density at radius 3 is 3.13 bits per heavy atom. The van der Waals surface area contributed by atoms with Gasteiger partial charge in [0.15, 0.2) is 22.9 Å². The summed E-state index contributed by atoms with van der Waals surface area (Å²) in [6, 6.07) is 7.32. The van der Waals surface area contributed by atoms with Gasteiger partial charge >= 0.3 is 0 Å². The van der Waals surface area contributed by atoms with Crippen LogP contribution in [0.1, 0.15) is 28.7 Å². The predicted molar refractivity (Wildman–Crippen MR) is 80.3 cm³/mol. The lowest BCUT2D eigenvalue weighted by Gasteiger charge is -2.13. The van der Waals surface area contributed by atoms with Crippen molar-refractivity contribution in [3.63, 3.8) is 0 Å². The minimum atomic E-state index is -0.130. The number of amides is 1. The Balaban J connectivity index is 1.58. The first-order chi connectivity index (χ1) is 11.3. The van der Waals surface area contributed by atoms with Crippen molar-refractivity contribution < 1.29 is 18.5 Å². The van der Waals surface area contributed by atoms with Gasteiger partial charge in [0, 0.05) is 24.4 Å². The molecule has 0 unspecified atom stereocenters. The Hall–Kier alpha value is -2.83. The van der Waals surface area contributed by atoms with Crippen LogP contribution in [-0.2, 0) is 0 Å². The van der Waals surface area contributed by atoms with E-state index in [-0.39, 0.29) is 11.8 Å². The number of hydrogen-bond acceptors (Lipinski definition) is 6. The molecular formula is C16H15N3O4. The maximum Gasteiger partial charge on any atom is 0.289 e. The van der Waals surface area contributed by atoms with E-state index in [1.54, 1.807) is 18.1 Å². The fourth-order valence-electron chi connectivity index (χ4n) is 2.97. The highest BCUT2D eigenvalue weighted by Crippen LogP contribution is 2.31. The van der Waals surface area contributed by atoms with Crippen molar-refractivity contribution in [1.29, 1.82) is 0 Å². The maximum atomic E-state index is 12.7. The lowest BCUT2D eigenvalue weighted by molar-refractivity contribution is 0.0761. The molecule has 23 heavy (non-hydrogen) atoms. The Labute approximate surface area is 131 Å². The molecule has 1 fully saturated rings. The number of nitrogens with zero attached hydrogens (tertiary/aromatic N) is 3. The van der Waals surface area contributed by atoms with Crippen molar-refractivity contribution in [2.75, 3.05) is 20.2 Å². The van der Waals surface area contributed by atoms with Gasteiger partial charge in [0.2, 0.25) is 6.39 Å². The van der Waals surface area contributed by atoms with E-state index in [1.807, 2.05) is 18.2 Å². The smallest absolute Gasteiger partial charge is 0.289 e. The minimum absolute atomic E-state index is 0.108. The van der Waals surface area contributed by atoms with Crippen LogP contribution in [0.3, 0.4) is 0 Å². The van der Waals surface area contributed by atoms with E-state index in [0.717, 1.165) is 11.8 Å². The molecule has 0 spiro atoms. The number of carbonyl (C=O) groups excluding carboxylic acids is 1.